The molecular formula is C18H19FN2O4. The minimum Gasteiger partial charge on any atom is -0.492 e. The van der Waals surface area contributed by atoms with E-state index >= 15 is 0 Å². The zero-order valence-corrected chi connectivity index (χ0v) is 13.6. The number of benzene rings is 1. The monoisotopic (exact) mass is 346 g/mol. The molecule has 1 N–H and O–H groups in total. The summed E-state index contributed by atoms with van der Waals surface area (Å²) in [5.41, 5.74) is 0. The van der Waals surface area contributed by atoms with Crippen molar-refractivity contribution >= 4 is 11.8 Å². The maximum atomic E-state index is 13.0. The van der Waals surface area contributed by atoms with Crippen molar-refractivity contribution in [2.45, 2.75) is 13.0 Å². The summed E-state index contributed by atoms with van der Waals surface area (Å²) in [4.78, 5) is 25.8. The van der Waals surface area contributed by atoms with Gasteiger partial charge in [-0.05, 0) is 24.3 Å². The van der Waals surface area contributed by atoms with E-state index in [1.165, 1.54) is 12.1 Å². The Hall–Kier alpha value is -2.83. The highest BCUT2D eigenvalue weighted by Crippen LogP contribution is 2.20. The molecule has 0 aliphatic carbocycles. The van der Waals surface area contributed by atoms with E-state index < -0.39 is 0 Å². The van der Waals surface area contributed by atoms with Gasteiger partial charge >= 0.3 is 0 Å². The number of carbonyl (C=O) groups is 2. The third kappa shape index (κ3) is 4.59. The fourth-order valence-electron chi connectivity index (χ4n) is 2.74. The van der Waals surface area contributed by atoms with Gasteiger partial charge in [0.1, 0.15) is 23.9 Å². The largest absolute Gasteiger partial charge is 0.492 e. The molecule has 0 saturated carbocycles. The molecule has 1 aliphatic rings. The molecule has 6 nitrogen and oxygen atoms in total. The maximum absolute atomic E-state index is 13.0. The van der Waals surface area contributed by atoms with Crippen LogP contribution in [0.3, 0.4) is 0 Å². The Morgan fingerprint density at radius 1 is 1.36 bits per heavy atom. The molecule has 1 atom stereocenters. The van der Waals surface area contributed by atoms with Crippen LogP contribution in [-0.2, 0) is 16.1 Å². The SMILES string of the molecule is O=C(NCCOc1cccc(F)c1)[C@@H]1CC(=O)N(Cc2ccco2)C1. The molecule has 0 spiro atoms. The number of nitrogens with one attached hydrogen (secondary N) is 1. The Kier molecular flexibility index (Phi) is 5.33. The highest BCUT2D eigenvalue weighted by molar-refractivity contribution is 5.89. The van der Waals surface area contributed by atoms with E-state index in [2.05, 4.69) is 5.32 Å². The fourth-order valence-corrected chi connectivity index (χ4v) is 2.74. The second-order valence-electron chi connectivity index (χ2n) is 5.85. The number of furan rings is 1. The Bertz CT molecular complexity index is 732. The van der Waals surface area contributed by atoms with Gasteiger partial charge in [-0.3, -0.25) is 9.59 Å². The van der Waals surface area contributed by atoms with Gasteiger partial charge in [-0.15, -0.1) is 0 Å². The van der Waals surface area contributed by atoms with Gasteiger partial charge in [-0.25, -0.2) is 4.39 Å². The molecule has 1 fully saturated rings. The quantitative estimate of drug-likeness (QED) is 0.778. The van der Waals surface area contributed by atoms with Crippen LogP contribution in [0, 0.1) is 11.7 Å². The van der Waals surface area contributed by atoms with Crippen molar-refractivity contribution in [3.63, 3.8) is 0 Å². The molecule has 7 heteroatoms. The van der Waals surface area contributed by atoms with E-state index in [1.807, 2.05) is 0 Å². The van der Waals surface area contributed by atoms with E-state index in [4.69, 9.17) is 9.15 Å². The van der Waals surface area contributed by atoms with Crippen LogP contribution >= 0.6 is 0 Å². The summed E-state index contributed by atoms with van der Waals surface area (Å²) >= 11 is 0. The number of nitrogens with zero attached hydrogens (tertiary/aromatic N) is 1. The van der Waals surface area contributed by atoms with Gasteiger partial charge < -0.3 is 19.4 Å². The molecule has 2 heterocycles. The zero-order chi connectivity index (χ0) is 17.6. The first-order valence-corrected chi connectivity index (χ1v) is 8.08. The normalized spacial score (nSPS) is 16.9. The van der Waals surface area contributed by atoms with Gasteiger partial charge in [-0.1, -0.05) is 6.07 Å². The molecule has 0 radical (unpaired) electrons. The summed E-state index contributed by atoms with van der Waals surface area (Å²) in [6.07, 6.45) is 1.75. The first-order valence-electron chi connectivity index (χ1n) is 8.08. The van der Waals surface area contributed by atoms with Crippen molar-refractivity contribution in [1.29, 1.82) is 0 Å². The number of hydrogen-bond acceptors (Lipinski definition) is 4. The Morgan fingerprint density at radius 2 is 2.24 bits per heavy atom. The lowest BCUT2D eigenvalue weighted by Gasteiger charge is -2.15. The summed E-state index contributed by atoms with van der Waals surface area (Å²) in [6.45, 7) is 1.26. The summed E-state index contributed by atoms with van der Waals surface area (Å²) in [7, 11) is 0. The number of halogens is 1. The molecule has 1 aliphatic heterocycles. The van der Waals surface area contributed by atoms with Crippen molar-refractivity contribution in [2.24, 2.45) is 5.92 Å². The first-order chi connectivity index (χ1) is 12.1. The smallest absolute Gasteiger partial charge is 0.225 e. The lowest BCUT2D eigenvalue weighted by atomic mass is 10.1. The highest BCUT2D eigenvalue weighted by Gasteiger charge is 2.34. The van der Waals surface area contributed by atoms with Crippen LogP contribution in [0.2, 0.25) is 0 Å². The average molecular weight is 346 g/mol. The molecule has 3 rings (SSSR count). The topological polar surface area (TPSA) is 71.8 Å². The lowest BCUT2D eigenvalue weighted by molar-refractivity contribution is -0.129. The number of amides is 2. The first kappa shape index (κ1) is 17.0. The fraction of sp³-hybridized carbons (Fsp3) is 0.333. The van der Waals surface area contributed by atoms with Crippen molar-refractivity contribution in [3.05, 3.63) is 54.2 Å². The van der Waals surface area contributed by atoms with Crippen LogP contribution in [0.25, 0.3) is 0 Å². The maximum Gasteiger partial charge on any atom is 0.225 e. The predicted octanol–water partition coefficient (Wildman–Crippen LogP) is 1.96. The lowest BCUT2D eigenvalue weighted by Crippen LogP contribution is -2.35. The van der Waals surface area contributed by atoms with Crippen molar-refractivity contribution < 1.29 is 23.1 Å². The molecule has 25 heavy (non-hydrogen) atoms. The van der Waals surface area contributed by atoms with Crippen molar-refractivity contribution in [1.82, 2.24) is 10.2 Å². The molecular weight excluding hydrogens is 327 g/mol. The standard InChI is InChI=1S/C18H19FN2O4/c19-14-3-1-4-15(10-14)25-8-6-20-18(23)13-9-17(22)21(11-13)12-16-5-2-7-24-16/h1-5,7,10,13H,6,8-9,11-12H2,(H,20,23)/t13-/m1/s1. The van der Waals surface area contributed by atoms with Crippen LogP contribution in [0.4, 0.5) is 4.39 Å². The van der Waals surface area contributed by atoms with E-state index in [0.29, 0.717) is 24.6 Å². The van der Waals surface area contributed by atoms with E-state index in [9.17, 15) is 14.0 Å². The molecule has 1 saturated heterocycles. The van der Waals surface area contributed by atoms with Gasteiger partial charge in [-0.2, -0.15) is 0 Å². The van der Waals surface area contributed by atoms with Crippen LogP contribution in [0.5, 0.6) is 5.75 Å². The average Bonchev–Trinajstić information content (AvgIpc) is 3.22. The summed E-state index contributed by atoms with van der Waals surface area (Å²) in [6, 6.07) is 9.38. The second-order valence-corrected chi connectivity index (χ2v) is 5.85. The number of rotatable bonds is 7. The minimum atomic E-state index is -0.378. The predicted molar refractivity (Wildman–Crippen MR) is 87.1 cm³/mol. The summed E-state index contributed by atoms with van der Waals surface area (Å²) in [5, 5.41) is 2.75. The van der Waals surface area contributed by atoms with E-state index in [0.717, 1.165) is 0 Å². The molecule has 0 bridgehead atoms. The number of likely N-dealkylation sites (tertiary alicyclic amines) is 1. The van der Waals surface area contributed by atoms with Crippen LogP contribution in [0.15, 0.2) is 47.1 Å². The Morgan fingerprint density at radius 3 is 3.00 bits per heavy atom. The minimum absolute atomic E-state index is 0.0624. The molecule has 2 aromatic rings. The highest BCUT2D eigenvalue weighted by atomic mass is 19.1. The van der Waals surface area contributed by atoms with Gasteiger partial charge in [0.2, 0.25) is 11.8 Å². The molecule has 0 unspecified atom stereocenters. The van der Waals surface area contributed by atoms with Crippen molar-refractivity contribution in [3.8, 4) is 5.75 Å². The number of carbonyl (C=O) groups excluding carboxylic acids is 2. The Labute approximate surface area is 144 Å². The van der Waals surface area contributed by atoms with Crippen LogP contribution in [-0.4, -0.2) is 36.4 Å². The van der Waals surface area contributed by atoms with Gasteiger partial charge in [0.25, 0.3) is 0 Å². The molecule has 2 amide bonds. The van der Waals surface area contributed by atoms with Gasteiger partial charge in [0.15, 0.2) is 0 Å². The van der Waals surface area contributed by atoms with Crippen molar-refractivity contribution in [2.75, 3.05) is 19.7 Å². The van der Waals surface area contributed by atoms with Gasteiger partial charge in [0, 0.05) is 19.0 Å². The van der Waals surface area contributed by atoms with Gasteiger partial charge in [0.05, 0.1) is 25.3 Å². The molecule has 132 valence electrons. The second kappa shape index (κ2) is 7.83. The number of hydrogen-bond donors (Lipinski definition) is 1. The van der Waals surface area contributed by atoms with E-state index in [-0.39, 0.29) is 43.1 Å². The van der Waals surface area contributed by atoms with Crippen LogP contribution in [0.1, 0.15) is 12.2 Å². The third-order valence-electron chi connectivity index (χ3n) is 3.98. The molecule has 1 aromatic carbocycles. The zero-order valence-electron chi connectivity index (χ0n) is 13.6. The summed E-state index contributed by atoms with van der Waals surface area (Å²) < 4.78 is 23.6. The number of ether oxygens (including phenoxy) is 1. The summed E-state index contributed by atoms with van der Waals surface area (Å²) in [5.74, 6) is 0.109. The molecule has 1 aromatic heterocycles. The third-order valence-corrected chi connectivity index (χ3v) is 3.98. The Balaban J connectivity index is 1.40. The van der Waals surface area contributed by atoms with Crippen LogP contribution < -0.4 is 10.1 Å². The van der Waals surface area contributed by atoms with E-state index in [1.54, 1.807) is 35.4 Å².